The standard InChI is InChI=1S/C32H24/c1-4-12-25(13-5-1)26-20-22-29(23-21-26)31-19-11-10-18-30(31)24-32(27-14-6-2-7-15-27)28-16-8-3-9-17-28/h1-24H. The summed E-state index contributed by atoms with van der Waals surface area (Å²) < 4.78 is 0. The second-order valence-corrected chi connectivity index (χ2v) is 7.82. The zero-order valence-electron chi connectivity index (χ0n) is 17.9. The van der Waals surface area contributed by atoms with Crippen LogP contribution in [-0.4, -0.2) is 0 Å². The molecular formula is C32H24. The molecule has 0 unspecified atom stereocenters. The van der Waals surface area contributed by atoms with E-state index < -0.39 is 0 Å². The van der Waals surface area contributed by atoms with Crippen molar-refractivity contribution in [2.45, 2.75) is 0 Å². The van der Waals surface area contributed by atoms with E-state index in [1.54, 1.807) is 0 Å². The lowest BCUT2D eigenvalue weighted by Gasteiger charge is -2.12. The minimum Gasteiger partial charge on any atom is -0.0622 e. The number of hydrogen-bond acceptors (Lipinski definition) is 0. The molecule has 0 amide bonds. The van der Waals surface area contributed by atoms with E-state index >= 15 is 0 Å². The maximum atomic E-state index is 2.31. The lowest BCUT2D eigenvalue weighted by Crippen LogP contribution is -1.90. The van der Waals surface area contributed by atoms with Crippen LogP contribution in [0.4, 0.5) is 0 Å². The van der Waals surface area contributed by atoms with Crippen LogP contribution >= 0.6 is 0 Å². The van der Waals surface area contributed by atoms with Gasteiger partial charge in [-0.3, -0.25) is 0 Å². The van der Waals surface area contributed by atoms with Crippen molar-refractivity contribution in [3.63, 3.8) is 0 Å². The highest BCUT2D eigenvalue weighted by Gasteiger charge is 2.08. The predicted molar refractivity (Wildman–Crippen MR) is 137 cm³/mol. The summed E-state index contributed by atoms with van der Waals surface area (Å²) in [6.07, 6.45) is 2.31. The summed E-state index contributed by atoms with van der Waals surface area (Å²) in [5, 5.41) is 0. The maximum absolute atomic E-state index is 2.31. The van der Waals surface area contributed by atoms with Gasteiger partial charge in [0.15, 0.2) is 0 Å². The average Bonchev–Trinajstić information content (AvgIpc) is 2.89. The van der Waals surface area contributed by atoms with Crippen molar-refractivity contribution in [1.29, 1.82) is 0 Å². The van der Waals surface area contributed by atoms with Gasteiger partial charge in [0.2, 0.25) is 0 Å². The van der Waals surface area contributed by atoms with Gasteiger partial charge in [-0.25, -0.2) is 0 Å². The van der Waals surface area contributed by atoms with Crippen LogP contribution in [0.2, 0.25) is 0 Å². The Kier molecular flexibility index (Phi) is 5.76. The molecule has 5 aromatic rings. The normalized spacial score (nSPS) is 10.5. The minimum absolute atomic E-state index is 1.21. The fourth-order valence-electron chi connectivity index (χ4n) is 4.08. The average molecular weight is 409 g/mol. The Bertz CT molecular complexity index is 1270. The molecule has 0 fully saturated rings. The van der Waals surface area contributed by atoms with Crippen LogP contribution in [0.5, 0.6) is 0 Å². The van der Waals surface area contributed by atoms with Gasteiger partial charge in [-0.15, -0.1) is 0 Å². The molecule has 0 saturated carbocycles. The molecule has 0 bridgehead atoms. The highest BCUT2D eigenvalue weighted by molar-refractivity contribution is 5.94. The Morgan fingerprint density at radius 2 is 0.812 bits per heavy atom. The van der Waals surface area contributed by atoms with E-state index in [2.05, 4.69) is 146 Å². The summed E-state index contributed by atoms with van der Waals surface area (Å²) in [5.74, 6) is 0. The second kappa shape index (κ2) is 9.32. The van der Waals surface area contributed by atoms with E-state index in [1.165, 1.54) is 44.5 Å². The lowest BCUT2D eigenvalue weighted by atomic mass is 9.92. The van der Waals surface area contributed by atoms with Crippen molar-refractivity contribution >= 4 is 11.6 Å². The highest BCUT2D eigenvalue weighted by Crippen LogP contribution is 2.32. The van der Waals surface area contributed by atoms with Gasteiger partial charge < -0.3 is 0 Å². The molecule has 0 heterocycles. The molecule has 0 spiro atoms. The first-order valence-electron chi connectivity index (χ1n) is 11.0. The Hall–Kier alpha value is -4.16. The van der Waals surface area contributed by atoms with Crippen LogP contribution < -0.4 is 0 Å². The van der Waals surface area contributed by atoms with Crippen LogP contribution in [0, 0.1) is 0 Å². The van der Waals surface area contributed by atoms with Crippen molar-refractivity contribution in [2.24, 2.45) is 0 Å². The summed E-state index contributed by atoms with van der Waals surface area (Å²) in [6.45, 7) is 0. The fraction of sp³-hybridized carbons (Fsp3) is 0. The van der Waals surface area contributed by atoms with Gasteiger partial charge >= 0.3 is 0 Å². The summed E-state index contributed by atoms with van der Waals surface area (Å²) >= 11 is 0. The molecule has 0 aliphatic heterocycles. The van der Waals surface area contributed by atoms with Crippen molar-refractivity contribution in [2.75, 3.05) is 0 Å². The van der Waals surface area contributed by atoms with E-state index in [-0.39, 0.29) is 0 Å². The maximum Gasteiger partial charge on any atom is -0.0105 e. The summed E-state index contributed by atoms with van der Waals surface area (Å²) in [6, 6.07) is 49.2. The molecule has 0 aromatic heterocycles. The SMILES string of the molecule is C(=C(c1ccccc1)c1ccccc1)c1ccccc1-c1ccc(-c2ccccc2)cc1. The van der Waals surface area contributed by atoms with Gasteiger partial charge in [-0.1, -0.05) is 140 Å². The van der Waals surface area contributed by atoms with Crippen LogP contribution in [0.25, 0.3) is 33.9 Å². The molecular weight excluding hydrogens is 384 g/mol. The lowest BCUT2D eigenvalue weighted by molar-refractivity contribution is 1.54. The molecule has 0 aliphatic carbocycles. The first kappa shape index (κ1) is 19.8. The van der Waals surface area contributed by atoms with Crippen molar-refractivity contribution in [3.8, 4) is 22.3 Å². The van der Waals surface area contributed by atoms with Gasteiger partial charge in [-0.05, 0) is 50.6 Å². The Morgan fingerprint density at radius 1 is 0.375 bits per heavy atom. The molecule has 0 saturated heterocycles. The van der Waals surface area contributed by atoms with Crippen LogP contribution in [0.3, 0.4) is 0 Å². The zero-order chi connectivity index (χ0) is 21.6. The first-order chi connectivity index (χ1) is 15.9. The van der Waals surface area contributed by atoms with Gasteiger partial charge in [-0.2, -0.15) is 0 Å². The van der Waals surface area contributed by atoms with Crippen molar-refractivity contribution in [1.82, 2.24) is 0 Å². The van der Waals surface area contributed by atoms with E-state index in [0.29, 0.717) is 0 Å². The number of hydrogen-bond donors (Lipinski definition) is 0. The number of rotatable bonds is 5. The van der Waals surface area contributed by atoms with Crippen molar-refractivity contribution < 1.29 is 0 Å². The Morgan fingerprint density at radius 3 is 1.41 bits per heavy atom. The quantitative estimate of drug-likeness (QED) is 0.255. The third-order valence-electron chi connectivity index (χ3n) is 5.73. The van der Waals surface area contributed by atoms with E-state index in [1.807, 2.05) is 0 Å². The van der Waals surface area contributed by atoms with Crippen molar-refractivity contribution in [3.05, 3.63) is 156 Å². The van der Waals surface area contributed by atoms with Gasteiger partial charge in [0.05, 0.1) is 0 Å². The number of benzene rings is 5. The van der Waals surface area contributed by atoms with Crippen LogP contribution in [0.1, 0.15) is 16.7 Å². The second-order valence-electron chi connectivity index (χ2n) is 7.82. The van der Waals surface area contributed by atoms with Crippen LogP contribution in [0.15, 0.2) is 140 Å². The topological polar surface area (TPSA) is 0 Å². The third kappa shape index (κ3) is 4.31. The van der Waals surface area contributed by atoms with Gasteiger partial charge in [0.1, 0.15) is 0 Å². The smallest absolute Gasteiger partial charge is 0.0105 e. The van der Waals surface area contributed by atoms with E-state index in [4.69, 9.17) is 0 Å². The third-order valence-corrected chi connectivity index (χ3v) is 5.73. The van der Waals surface area contributed by atoms with Gasteiger partial charge in [0.25, 0.3) is 0 Å². The van der Waals surface area contributed by atoms with E-state index in [0.717, 1.165) is 0 Å². The Balaban J connectivity index is 1.59. The summed E-state index contributed by atoms with van der Waals surface area (Å²) in [5.41, 5.74) is 9.79. The Labute approximate surface area is 190 Å². The summed E-state index contributed by atoms with van der Waals surface area (Å²) in [7, 11) is 0. The molecule has 5 rings (SSSR count). The van der Waals surface area contributed by atoms with E-state index in [9.17, 15) is 0 Å². The zero-order valence-corrected chi connectivity index (χ0v) is 17.9. The minimum atomic E-state index is 1.21. The molecule has 0 nitrogen and oxygen atoms in total. The molecule has 0 heteroatoms. The predicted octanol–water partition coefficient (Wildman–Crippen LogP) is 8.61. The largest absolute Gasteiger partial charge is 0.0622 e. The molecule has 152 valence electrons. The highest BCUT2D eigenvalue weighted by atomic mass is 14.1. The molecule has 0 N–H and O–H groups in total. The molecule has 0 radical (unpaired) electrons. The molecule has 5 aromatic carbocycles. The monoisotopic (exact) mass is 408 g/mol. The molecule has 32 heavy (non-hydrogen) atoms. The molecule has 0 atom stereocenters. The summed E-state index contributed by atoms with van der Waals surface area (Å²) in [4.78, 5) is 0. The first-order valence-corrected chi connectivity index (χ1v) is 11.0. The van der Waals surface area contributed by atoms with Crippen LogP contribution in [-0.2, 0) is 0 Å². The molecule has 0 aliphatic rings. The fourth-order valence-corrected chi connectivity index (χ4v) is 4.08. The van der Waals surface area contributed by atoms with Gasteiger partial charge in [0, 0.05) is 0 Å².